The van der Waals surface area contributed by atoms with E-state index in [1.54, 1.807) is 18.1 Å². The van der Waals surface area contributed by atoms with Crippen LogP contribution in [0.25, 0.3) is 0 Å². The molecule has 1 heterocycles. The minimum atomic E-state index is -0.383. The number of nitrogens with two attached hydrogens (primary N) is 1. The topological polar surface area (TPSA) is 75.2 Å². The fourth-order valence-electron chi connectivity index (χ4n) is 1.80. The summed E-state index contributed by atoms with van der Waals surface area (Å²) in [6.07, 6.45) is 1.63. The molecule has 6 nitrogen and oxygen atoms in total. The molecule has 2 N–H and O–H groups in total. The quantitative estimate of drug-likeness (QED) is 0.878. The van der Waals surface area contributed by atoms with Crippen LogP contribution in [-0.4, -0.2) is 28.5 Å². The first-order valence-electron chi connectivity index (χ1n) is 6.07. The summed E-state index contributed by atoms with van der Waals surface area (Å²) < 4.78 is 12.4. The second-order valence-electron chi connectivity index (χ2n) is 4.10. The van der Waals surface area contributed by atoms with Gasteiger partial charge in [0.2, 0.25) is 0 Å². The summed E-state index contributed by atoms with van der Waals surface area (Å²) in [6.45, 7) is 2.49. The van der Waals surface area contributed by atoms with E-state index < -0.39 is 0 Å². The van der Waals surface area contributed by atoms with E-state index in [0.29, 0.717) is 23.9 Å². The Labute approximate surface area is 112 Å². The maximum absolute atomic E-state index is 6.15. The highest BCUT2D eigenvalue weighted by atomic mass is 16.5. The first-order chi connectivity index (χ1) is 9.15. The van der Waals surface area contributed by atoms with Crippen LogP contribution in [0.2, 0.25) is 0 Å². The Kier molecular flexibility index (Phi) is 4.01. The molecule has 0 aliphatic carbocycles. The van der Waals surface area contributed by atoms with Gasteiger partial charge in [-0.2, -0.15) is 5.10 Å². The fraction of sp³-hybridized carbons (Fsp3) is 0.385. The number of hydrogen-bond acceptors (Lipinski definition) is 5. The van der Waals surface area contributed by atoms with Crippen molar-refractivity contribution in [2.45, 2.75) is 13.0 Å². The van der Waals surface area contributed by atoms with Gasteiger partial charge in [-0.25, -0.2) is 4.98 Å². The van der Waals surface area contributed by atoms with E-state index in [-0.39, 0.29) is 6.04 Å². The fourth-order valence-corrected chi connectivity index (χ4v) is 1.80. The zero-order valence-corrected chi connectivity index (χ0v) is 11.3. The van der Waals surface area contributed by atoms with Crippen molar-refractivity contribution in [2.75, 3.05) is 13.7 Å². The van der Waals surface area contributed by atoms with Gasteiger partial charge in [0.05, 0.1) is 19.8 Å². The Morgan fingerprint density at radius 2 is 2.16 bits per heavy atom. The van der Waals surface area contributed by atoms with Crippen LogP contribution < -0.4 is 15.2 Å². The van der Waals surface area contributed by atoms with Crippen molar-refractivity contribution >= 4 is 0 Å². The first-order valence-corrected chi connectivity index (χ1v) is 6.07. The average molecular weight is 262 g/mol. The predicted octanol–water partition coefficient (Wildman–Crippen LogP) is 1.27. The molecule has 2 rings (SSSR count). The molecule has 0 amide bonds. The summed E-state index contributed by atoms with van der Waals surface area (Å²) in [5, 5.41) is 4.21. The van der Waals surface area contributed by atoms with Gasteiger partial charge in [-0.15, -0.1) is 0 Å². The summed E-state index contributed by atoms with van der Waals surface area (Å²) >= 11 is 0. The Hall–Kier alpha value is -2.08. The van der Waals surface area contributed by atoms with E-state index in [0.717, 1.165) is 5.56 Å². The SMILES string of the molecule is CCOc1cc([C@@H](N)c2ncn(C)n2)ccc1OC. The lowest BCUT2D eigenvalue weighted by Crippen LogP contribution is -2.14. The van der Waals surface area contributed by atoms with Gasteiger partial charge >= 0.3 is 0 Å². The van der Waals surface area contributed by atoms with Crippen LogP contribution in [0.5, 0.6) is 11.5 Å². The first kappa shape index (κ1) is 13.4. The minimum Gasteiger partial charge on any atom is -0.493 e. The Balaban J connectivity index is 2.31. The van der Waals surface area contributed by atoms with E-state index in [1.165, 1.54) is 0 Å². The van der Waals surface area contributed by atoms with Crippen molar-refractivity contribution in [2.24, 2.45) is 12.8 Å². The van der Waals surface area contributed by atoms with E-state index in [9.17, 15) is 0 Å². The van der Waals surface area contributed by atoms with E-state index in [1.807, 2.05) is 32.2 Å². The summed E-state index contributed by atoms with van der Waals surface area (Å²) in [6, 6.07) is 5.21. The summed E-state index contributed by atoms with van der Waals surface area (Å²) in [5.74, 6) is 1.94. The molecule has 1 atom stereocenters. The van der Waals surface area contributed by atoms with E-state index in [4.69, 9.17) is 15.2 Å². The summed E-state index contributed by atoms with van der Waals surface area (Å²) in [5.41, 5.74) is 7.04. The van der Waals surface area contributed by atoms with Crippen LogP contribution in [0.4, 0.5) is 0 Å². The third kappa shape index (κ3) is 2.85. The zero-order chi connectivity index (χ0) is 13.8. The second-order valence-corrected chi connectivity index (χ2v) is 4.10. The van der Waals surface area contributed by atoms with Gasteiger partial charge in [0, 0.05) is 7.05 Å². The highest BCUT2D eigenvalue weighted by Crippen LogP contribution is 2.30. The van der Waals surface area contributed by atoms with Gasteiger partial charge in [-0.05, 0) is 24.6 Å². The standard InChI is InChI=1S/C13H18N4O2/c1-4-19-11-7-9(5-6-10(11)18-3)12(14)13-15-8-17(2)16-13/h5-8,12H,4,14H2,1-3H3/t12-/m1/s1. The van der Waals surface area contributed by atoms with Crippen molar-refractivity contribution in [3.63, 3.8) is 0 Å². The number of hydrogen-bond donors (Lipinski definition) is 1. The van der Waals surface area contributed by atoms with Crippen molar-refractivity contribution in [3.05, 3.63) is 35.9 Å². The maximum Gasteiger partial charge on any atom is 0.171 e. The van der Waals surface area contributed by atoms with Gasteiger partial charge in [0.15, 0.2) is 17.3 Å². The third-order valence-electron chi connectivity index (χ3n) is 2.74. The smallest absolute Gasteiger partial charge is 0.171 e. The molecule has 0 radical (unpaired) electrons. The highest BCUT2D eigenvalue weighted by Gasteiger charge is 2.16. The van der Waals surface area contributed by atoms with Gasteiger partial charge in [0.25, 0.3) is 0 Å². The molecule has 1 aromatic heterocycles. The van der Waals surface area contributed by atoms with Gasteiger partial charge in [-0.3, -0.25) is 4.68 Å². The van der Waals surface area contributed by atoms with Gasteiger partial charge in [-0.1, -0.05) is 6.07 Å². The summed E-state index contributed by atoms with van der Waals surface area (Å²) in [7, 11) is 3.42. The Morgan fingerprint density at radius 3 is 2.74 bits per heavy atom. The number of benzene rings is 1. The second kappa shape index (κ2) is 5.71. The molecule has 0 saturated carbocycles. The molecule has 1 aromatic carbocycles. The van der Waals surface area contributed by atoms with Crippen LogP contribution in [0.3, 0.4) is 0 Å². The van der Waals surface area contributed by atoms with Crippen LogP contribution in [0.1, 0.15) is 24.4 Å². The van der Waals surface area contributed by atoms with E-state index >= 15 is 0 Å². The van der Waals surface area contributed by atoms with Crippen molar-refractivity contribution in [3.8, 4) is 11.5 Å². The van der Waals surface area contributed by atoms with E-state index in [2.05, 4.69) is 10.1 Å². The zero-order valence-electron chi connectivity index (χ0n) is 11.3. The summed E-state index contributed by atoms with van der Waals surface area (Å²) in [4.78, 5) is 4.17. The van der Waals surface area contributed by atoms with Gasteiger partial charge < -0.3 is 15.2 Å². The highest BCUT2D eigenvalue weighted by molar-refractivity contribution is 5.44. The molecule has 0 aliphatic rings. The molecular formula is C13H18N4O2. The van der Waals surface area contributed by atoms with Crippen LogP contribution in [-0.2, 0) is 7.05 Å². The lowest BCUT2D eigenvalue weighted by molar-refractivity contribution is 0.310. The molecule has 0 bridgehead atoms. The lowest BCUT2D eigenvalue weighted by atomic mass is 10.1. The predicted molar refractivity (Wildman–Crippen MR) is 71.2 cm³/mol. The molecule has 0 unspecified atom stereocenters. The molecule has 0 fully saturated rings. The van der Waals surface area contributed by atoms with Gasteiger partial charge in [0.1, 0.15) is 6.33 Å². The number of aromatic nitrogens is 3. The molecule has 0 spiro atoms. The monoisotopic (exact) mass is 262 g/mol. The molecule has 19 heavy (non-hydrogen) atoms. The number of nitrogens with zero attached hydrogens (tertiary/aromatic N) is 3. The molecule has 102 valence electrons. The van der Waals surface area contributed by atoms with Crippen LogP contribution in [0, 0.1) is 0 Å². The number of ether oxygens (including phenoxy) is 2. The number of methoxy groups -OCH3 is 1. The average Bonchev–Trinajstić information content (AvgIpc) is 2.85. The largest absolute Gasteiger partial charge is 0.493 e. The molecular weight excluding hydrogens is 244 g/mol. The molecule has 6 heteroatoms. The Morgan fingerprint density at radius 1 is 1.37 bits per heavy atom. The molecule has 2 aromatic rings. The van der Waals surface area contributed by atoms with Crippen LogP contribution >= 0.6 is 0 Å². The third-order valence-corrected chi connectivity index (χ3v) is 2.74. The van der Waals surface area contributed by atoms with Crippen molar-refractivity contribution < 1.29 is 9.47 Å². The molecule has 0 saturated heterocycles. The molecule has 0 aliphatic heterocycles. The maximum atomic E-state index is 6.15. The van der Waals surface area contributed by atoms with Crippen molar-refractivity contribution in [1.82, 2.24) is 14.8 Å². The number of rotatable bonds is 5. The van der Waals surface area contributed by atoms with Crippen LogP contribution in [0.15, 0.2) is 24.5 Å². The minimum absolute atomic E-state index is 0.383. The number of aryl methyl sites for hydroxylation is 1. The lowest BCUT2D eigenvalue weighted by Gasteiger charge is -2.13. The van der Waals surface area contributed by atoms with Crippen molar-refractivity contribution in [1.29, 1.82) is 0 Å². The normalized spacial score (nSPS) is 12.2. The Bertz CT molecular complexity index is 553.